The van der Waals surface area contributed by atoms with Gasteiger partial charge in [-0.1, -0.05) is 36.4 Å². The maximum absolute atomic E-state index is 13.8. The Hall–Kier alpha value is -1.68. The zero-order chi connectivity index (χ0) is 15.2. The van der Waals surface area contributed by atoms with Crippen molar-refractivity contribution >= 4 is 21.8 Å². The van der Waals surface area contributed by atoms with Crippen molar-refractivity contribution in [1.82, 2.24) is 4.90 Å². The Bertz CT molecular complexity index is 595. The van der Waals surface area contributed by atoms with E-state index in [0.717, 1.165) is 12.8 Å². The van der Waals surface area contributed by atoms with Gasteiger partial charge in [-0.3, -0.25) is 4.79 Å². The molecular formula is C17H17BrFNO. The summed E-state index contributed by atoms with van der Waals surface area (Å²) in [6, 6.07) is 14.7. The molecule has 0 aliphatic heterocycles. The van der Waals surface area contributed by atoms with E-state index in [2.05, 4.69) is 28.1 Å². The molecule has 2 rings (SSSR count). The summed E-state index contributed by atoms with van der Waals surface area (Å²) >= 11 is 3.23. The molecule has 0 atom stereocenters. The standard InChI is InChI=1S/C17H17BrFNO/c1-20(12-6-9-13-7-3-2-4-8-13)17(21)16-14(18)10-5-11-15(16)19/h2-5,7-8,10-11H,6,9,12H2,1H3. The van der Waals surface area contributed by atoms with E-state index in [9.17, 15) is 9.18 Å². The highest BCUT2D eigenvalue weighted by Gasteiger charge is 2.18. The molecule has 0 bridgehead atoms. The minimum absolute atomic E-state index is 0.0970. The van der Waals surface area contributed by atoms with Crippen LogP contribution in [0.2, 0.25) is 0 Å². The molecule has 2 aromatic carbocycles. The minimum Gasteiger partial charge on any atom is -0.342 e. The normalized spacial score (nSPS) is 10.4. The molecule has 110 valence electrons. The third kappa shape index (κ3) is 4.14. The Balaban J connectivity index is 1.94. The second-order valence-electron chi connectivity index (χ2n) is 4.91. The number of hydrogen-bond donors (Lipinski definition) is 0. The van der Waals surface area contributed by atoms with E-state index in [1.807, 2.05) is 18.2 Å². The maximum atomic E-state index is 13.8. The van der Waals surface area contributed by atoms with Gasteiger partial charge in [0, 0.05) is 18.1 Å². The molecule has 1 amide bonds. The van der Waals surface area contributed by atoms with Gasteiger partial charge in [-0.05, 0) is 46.5 Å². The molecule has 0 fully saturated rings. The SMILES string of the molecule is CN(CCCc1ccccc1)C(=O)c1c(F)cccc1Br. The molecular weight excluding hydrogens is 333 g/mol. The van der Waals surface area contributed by atoms with Crippen molar-refractivity contribution in [1.29, 1.82) is 0 Å². The largest absolute Gasteiger partial charge is 0.342 e. The van der Waals surface area contributed by atoms with Crippen LogP contribution in [0, 0.1) is 5.82 Å². The van der Waals surface area contributed by atoms with Crippen LogP contribution >= 0.6 is 15.9 Å². The van der Waals surface area contributed by atoms with Gasteiger partial charge in [0.25, 0.3) is 5.91 Å². The molecule has 2 nitrogen and oxygen atoms in total. The van der Waals surface area contributed by atoms with E-state index in [-0.39, 0.29) is 11.5 Å². The van der Waals surface area contributed by atoms with Crippen LogP contribution in [-0.4, -0.2) is 24.4 Å². The van der Waals surface area contributed by atoms with Gasteiger partial charge >= 0.3 is 0 Å². The highest BCUT2D eigenvalue weighted by atomic mass is 79.9. The zero-order valence-corrected chi connectivity index (χ0v) is 13.4. The van der Waals surface area contributed by atoms with Crippen molar-refractivity contribution in [3.63, 3.8) is 0 Å². The Morgan fingerprint density at radius 1 is 1.14 bits per heavy atom. The Kier molecular flexibility index (Phi) is 5.51. The van der Waals surface area contributed by atoms with Crippen molar-refractivity contribution in [3.8, 4) is 0 Å². The van der Waals surface area contributed by atoms with Crippen molar-refractivity contribution < 1.29 is 9.18 Å². The highest BCUT2D eigenvalue weighted by molar-refractivity contribution is 9.10. The van der Waals surface area contributed by atoms with Crippen LogP contribution in [0.25, 0.3) is 0 Å². The third-order valence-electron chi connectivity index (χ3n) is 3.33. The van der Waals surface area contributed by atoms with E-state index >= 15 is 0 Å². The van der Waals surface area contributed by atoms with Gasteiger partial charge in [0.05, 0.1) is 5.56 Å². The number of carbonyl (C=O) groups excluding carboxylic acids is 1. The lowest BCUT2D eigenvalue weighted by molar-refractivity contribution is 0.0788. The Labute approximate surface area is 132 Å². The van der Waals surface area contributed by atoms with Gasteiger partial charge in [-0.2, -0.15) is 0 Å². The number of aryl methyl sites for hydroxylation is 1. The van der Waals surface area contributed by atoms with Crippen LogP contribution in [0.1, 0.15) is 22.3 Å². The number of hydrogen-bond acceptors (Lipinski definition) is 1. The molecule has 0 spiro atoms. The Morgan fingerprint density at radius 3 is 2.52 bits per heavy atom. The van der Waals surface area contributed by atoms with E-state index < -0.39 is 5.82 Å². The minimum atomic E-state index is -0.496. The Morgan fingerprint density at radius 2 is 1.86 bits per heavy atom. The summed E-state index contributed by atoms with van der Waals surface area (Å²) in [5.41, 5.74) is 1.34. The summed E-state index contributed by atoms with van der Waals surface area (Å²) in [5.74, 6) is -0.794. The first-order valence-corrected chi connectivity index (χ1v) is 7.62. The second-order valence-corrected chi connectivity index (χ2v) is 5.77. The number of halogens is 2. The van der Waals surface area contributed by atoms with Gasteiger partial charge in [-0.15, -0.1) is 0 Å². The molecule has 0 aromatic heterocycles. The third-order valence-corrected chi connectivity index (χ3v) is 3.99. The molecule has 0 aliphatic rings. The first kappa shape index (κ1) is 15.7. The highest BCUT2D eigenvalue weighted by Crippen LogP contribution is 2.21. The molecule has 0 N–H and O–H groups in total. The topological polar surface area (TPSA) is 20.3 Å². The van der Waals surface area contributed by atoms with E-state index in [1.54, 1.807) is 24.1 Å². The molecule has 4 heteroatoms. The summed E-state index contributed by atoms with van der Waals surface area (Å²) in [6.45, 7) is 0.592. The summed E-state index contributed by atoms with van der Waals surface area (Å²) in [7, 11) is 1.70. The molecule has 0 saturated heterocycles. The number of benzene rings is 2. The number of rotatable bonds is 5. The molecule has 0 heterocycles. The van der Waals surface area contributed by atoms with Crippen molar-refractivity contribution in [2.45, 2.75) is 12.8 Å². The summed E-state index contributed by atoms with van der Waals surface area (Å²) in [4.78, 5) is 13.8. The van der Waals surface area contributed by atoms with Crippen LogP contribution < -0.4 is 0 Å². The van der Waals surface area contributed by atoms with Gasteiger partial charge in [0.2, 0.25) is 0 Å². The van der Waals surface area contributed by atoms with Gasteiger partial charge in [0.15, 0.2) is 0 Å². The summed E-state index contributed by atoms with van der Waals surface area (Å²) in [5, 5.41) is 0. The van der Waals surface area contributed by atoms with E-state index in [4.69, 9.17) is 0 Å². The summed E-state index contributed by atoms with van der Waals surface area (Å²) in [6.07, 6.45) is 1.75. The van der Waals surface area contributed by atoms with Crippen LogP contribution in [0.4, 0.5) is 4.39 Å². The van der Waals surface area contributed by atoms with Gasteiger partial charge in [0.1, 0.15) is 5.82 Å². The molecule has 0 saturated carbocycles. The second kappa shape index (κ2) is 7.36. The van der Waals surface area contributed by atoms with Gasteiger partial charge < -0.3 is 4.90 Å². The van der Waals surface area contributed by atoms with Crippen LogP contribution in [-0.2, 0) is 6.42 Å². The van der Waals surface area contributed by atoms with E-state index in [1.165, 1.54) is 11.6 Å². The van der Waals surface area contributed by atoms with Crippen LogP contribution in [0.15, 0.2) is 53.0 Å². The quantitative estimate of drug-likeness (QED) is 0.788. The lowest BCUT2D eigenvalue weighted by Gasteiger charge is -2.18. The summed E-state index contributed by atoms with van der Waals surface area (Å²) < 4.78 is 14.3. The molecule has 21 heavy (non-hydrogen) atoms. The molecule has 0 unspecified atom stereocenters. The number of amides is 1. The lowest BCUT2D eigenvalue weighted by Crippen LogP contribution is -2.29. The fourth-order valence-electron chi connectivity index (χ4n) is 2.16. The van der Waals surface area contributed by atoms with Gasteiger partial charge in [-0.25, -0.2) is 4.39 Å². The van der Waals surface area contributed by atoms with Crippen molar-refractivity contribution in [2.24, 2.45) is 0 Å². The lowest BCUT2D eigenvalue weighted by atomic mass is 10.1. The number of nitrogens with zero attached hydrogens (tertiary/aromatic N) is 1. The smallest absolute Gasteiger partial charge is 0.257 e. The van der Waals surface area contributed by atoms with Crippen molar-refractivity contribution in [3.05, 3.63) is 69.9 Å². The predicted octanol–water partition coefficient (Wildman–Crippen LogP) is 4.29. The van der Waals surface area contributed by atoms with Crippen molar-refractivity contribution in [2.75, 3.05) is 13.6 Å². The predicted molar refractivity (Wildman–Crippen MR) is 85.8 cm³/mol. The van der Waals surface area contributed by atoms with E-state index in [0.29, 0.717) is 11.0 Å². The van der Waals surface area contributed by atoms with Crippen LogP contribution in [0.3, 0.4) is 0 Å². The fourth-order valence-corrected chi connectivity index (χ4v) is 2.67. The first-order chi connectivity index (χ1) is 10.1. The monoisotopic (exact) mass is 349 g/mol. The first-order valence-electron chi connectivity index (χ1n) is 6.83. The zero-order valence-electron chi connectivity index (χ0n) is 11.9. The maximum Gasteiger partial charge on any atom is 0.257 e. The molecule has 0 radical (unpaired) electrons. The molecule has 0 aliphatic carbocycles. The van der Waals surface area contributed by atoms with Crippen LogP contribution in [0.5, 0.6) is 0 Å². The average molecular weight is 350 g/mol. The fraction of sp³-hybridized carbons (Fsp3) is 0.235. The molecule has 2 aromatic rings. The average Bonchev–Trinajstić information content (AvgIpc) is 2.48. The number of carbonyl (C=O) groups is 1.